The zero-order chi connectivity index (χ0) is 18.7. The number of esters is 2. The predicted octanol–water partition coefficient (Wildman–Crippen LogP) is 3.08. The monoisotopic (exact) mass is 349 g/mol. The quantitative estimate of drug-likeness (QED) is 0.773. The van der Waals surface area contributed by atoms with E-state index in [0.29, 0.717) is 0 Å². The van der Waals surface area contributed by atoms with Gasteiger partial charge in [0.15, 0.2) is 0 Å². The molecule has 0 aromatic heterocycles. The fourth-order valence-electron chi connectivity index (χ4n) is 2.75. The number of methoxy groups -OCH3 is 2. The average molecular weight is 349 g/mol. The molecule has 0 aromatic carbocycles. The van der Waals surface area contributed by atoms with Crippen LogP contribution < -0.4 is 5.32 Å². The van der Waals surface area contributed by atoms with Crippen molar-refractivity contribution in [2.75, 3.05) is 14.2 Å². The number of alkyl halides is 3. The Hall–Kier alpha value is -1.99. The zero-order valence-corrected chi connectivity index (χ0v) is 14.3. The Labute approximate surface area is 138 Å². The minimum Gasteiger partial charge on any atom is -0.466 e. The Balaban J connectivity index is 3.66. The summed E-state index contributed by atoms with van der Waals surface area (Å²) in [5.41, 5.74) is -1.62. The molecular weight excluding hydrogens is 327 g/mol. The summed E-state index contributed by atoms with van der Waals surface area (Å²) < 4.78 is 49.6. The van der Waals surface area contributed by atoms with Crippen LogP contribution in [0.1, 0.15) is 33.6 Å². The molecule has 1 N–H and O–H groups in total. The van der Waals surface area contributed by atoms with E-state index in [4.69, 9.17) is 4.74 Å². The van der Waals surface area contributed by atoms with Gasteiger partial charge in [0.25, 0.3) is 0 Å². The van der Waals surface area contributed by atoms with Gasteiger partial charge in [0.05, 0.1) is 25.4 Å². The van der Waals surface area contributed by atoms with Gasteiger partial charge in [-0.05, 0) is 18.8 Å². The molecule has 0 aromatic rings. The molecule has 0 saturated heterocycles. The molecule has 0 saturated carbocycles. The van der Waals surface area contributed by atoms with E-state index in [1.807, 2.05) is 0 Å². The maximum Gasteiger partial charge on any atom is 0.431 e. The minimum absolute atomic E-state index is 0.0436. The van der Waals surface area contributed by atoms with Crippen molar-refractivity contribution in [2.24, 2.45) is 11.8 Å². The average Bonchev–Trinajstić information content (AvgIpc) is 2.50. The van der Waals surface area contributed by atoms with Crippen LogP contribution in [0.3, 0.4) is 0 Å². The number of halogens is 3. The van der Waals surface area contributed by atoms with Crippen LogP contribution in [-0.4, -0.2) is 32.3 Å². The van der Waals surface area contributed by atoms with Crippen LogP contribution in [0.4, 0.5) is 13.2 Å². The van der Waals surface area contributed by atoms with Gasteiger partial charge in [-0.2, -0.15) is 13.2 Å². The van der Waals surface area contributed by atoms with E-state index in [9.17, 15) is 22.8 Å². The first-order valence-corrected chi connectivity index (χ1v) is 7.56. The Morgan fingerprint density at radius 2 is 1.62 bits per heavy atom. The van der Waals surface area contributed by atoms with Gasteiger partial charge in [0.1, 0.15) is 5.70 Å². The molecule has 1 aliphatic rings. The molecule has 0 aliphatic carbocycles. The van der Waals surface area contributed by atoms with Gasteiger partial charge in [0, 0.05) is 11.6 Å². The van der Waals surface area contributed by atoms with Crippen molar-refractivity contribution in [3.05, 3.63) is 22.5 Å². The van der Waals surface area contributed by atoms with Crippen LogP contribution in [0.2, 0.25) is 0 Å². The summed E-state index contributed by atoms with van der Waals surface area (Å²) in [6, 6.07) is 0. The fourth-order valence-corrected chi connectivity index (χ4v) is 2.75. The van der Waals surface area contributed by atoms with Crippen LogP contribution >= 0.6 is 0 Å². The van der Waals surface area contributed by atoms with Crippen molar-refractivity contribution >= 4 is 11.9 Å². The highest BCUT2D eigenvalue weighted by atomic mass is 19.4. The van der Waals surface area contributed by atoms with Crippen molar-refractivity contribution in [2.45, 2.75) is 39.8 Å². The number of carbonyl (C=O) groups is 2. The highest BCUT2D eigenvalue weighted by Gasteiger charge is 2.47. The molecule has 136 valence electrons. The van der Waals surface area contributed by atoms with E-state index in [1.165, 1.54) is 0 Å². The van der Waals surface area contributed by atoms with E-state index in [1.54, 1.807) is 20.8 Å². The Kier molecular flexibility index (Phi) is 6.45. The van der Waals surface area contributed by atoms with Crippen molar-refractivity contribution in [1.29, 1.82) is 0 Å². The maximum absolute atomic E-state index is 13.5. The number of hydrogen-bond acceptors (Lipinski definition) is 5. The maximum atomic E-state index is 13.5. The second-order valence-electron chi connectivity index (χ2n) is 5.82. The first-order chi connectivity index (χ1) is 11.1. The lowest BCUT2D eigenvalue weighted by Crippen LogP contribution is -2.40. The summed E-state index contributed by atoms with van der Waals surface area (Å²) in [4.78, 5) is 24.2. The first-order valence-electron chi connectivity index (χ1n) is 7.56. The van der Waals surface area contributed by atoms with Gasteiger partial charge in [-0.1, -0.05) is 20.8 Å². The summed E-state index contributed by atoms with van der Waals surface area (Å²) in [6.45, 7) is 5.21. The first kappa shape index (κ1) is 20.1. The largest absolute Gasteiger partial charge is 0.466 e. The Morgan fingerprint density at radius 3 is 2.00 bits per heavy atom. The molecular formula is C16H22F3NO4. The third-order valence-electron chi connectivity index (χ3n) is 3.72. The van der Waals surface area contributed by atoms with Gasteiger partial charge in [-0.15, -0.1) is 0 Å². The SMILES string of the molecule is CCC1=C(C(=O)OC)C(CC(C)C)C(C(=O)OC)=C(C(F)(F)F)N1. The predicted molar refractivity (Wildman–Crippen MR) is 80.5 cm³/mol. The van der Waals surface area contributed by atoms with Crippen molar-refractivity contribution in [1.82, 2.24) is 5.32 Å². The summed E-state index contributed by atoms with van der Waals surface area (Å²) in [5, 5.41) is 2.21. The van der Waals surface area contributed by atoms with Gasteiger partial charge in [-0.3, -0.25) is 0 Å². The third kappa shape index (κ3) is 4.10. The molecule has 0 radical (unpaired) electrons. The van der Waals surface area contributed by atoms with Crippen LogP contribution in [-0.2, 0) is 19.1 Å². The molecule has 1 heterocycles. The molecule has 0 fully saturated rings. The molecule has 1 rings (SSSR count). The smallest absolute Gasteiger partial charge is 0.431 e. The van der Waals surface area contributed by atoms with Gasteiger partial charge in [-0.25, -0.2) is 9.59 Å². The van der Waals surface area contributed by atoms with Crippen molar-refractivity contribution in [3.8, 4) is 0 Å². The van der Waals surface area contributed by atoms with Gasteiger partial charge < -0.3 is 14.8 Å². The number of allylic oxidation sites excluding steroid dienone is 2. The fraction of sp³-hybridized carbons (Fsp3) is 0.625. The van der Waals surface area contributed by atoms with Crippen LogP contribution in [0.5, 0.6) is 0 Å². The van der Waals surface area contributed by atoms with Gasteiger partial charge in [0.2, 0.25) is 0 Å². The number of rotatable bonds is 5. The number of ether oxygens (including phenoxy) is 2. The lowest BCUT2D eigenvalue weighted by atomic mass is 9.79. The molecule has 0 spiro atoms. The van der Waals surface area contributed by atoms with Crippen LogP contribution in [0.15, 0.2) is 22.5 Å². The highest BCUT2D eigenvalue weighted by Crippen LogP contribution is 2.41. The second kappa shape index (κ2) is 7.72. The molecule has 1 aliphatic heterocycles. The van der Waals surface area contributed by atoms with Crippen molar-refractivity contribution < 1.29 is 32.2 Å². The van der Waals surface area contributed by atoms with E-state index in [-0.39, 0.29) is 30.0 Å². The molecule has 0 amide bonds. The lowest BCUT2D eigenvalue weighted by molar-refractivity contribution is -0.139. The number of dihydropyridines is 1. The molecule has 1 unspecified atom stereocenters. The highest BCUT2D eigenvalue weighted by molar-refractivity contribution is 5.98. The number of carbonyl (C=O) groups excluding carboxylic acids is 2. The molecule has 1 atom stereocenters. The van der Waals surface area contributed by atoms with Gasteiger partial charge >= 0.3 is 18.1 Å². The Bertz CT molecular complexity index is 576. The third-order valence-corrected chi connectivity index (χ3v) is 3.72. The van der Waals surface area contributed by atoms with E-state index in [0.717, 1.165) is 14.2 Å². The molecule has 0 bridgehead atoms. The lowest BCUT2D eigenvalue weighted by Gasteiger charge is -2.33. The summed E-state index contributed by atoms with van der Waals surface area (Å²) in [5.74, 6) is -2.97. The van der Waals surface area contributed by atoms with E-state index in [2.05, 4.69) is 10.1 Å². The number of hydrogen-bond donors (Lipinski definition) is 1. The molecule has 8 heteroatoms. The summed E-state index contributed by atoms with van der Waals surface area (Å²) in [7, 11) is 2.16. The summed E-state index contributed by atoms with van der Waals surface area (Å²) in [6.07, 6.45) is -4.44. The van der Waals surface area contributed by atoms with Crippen LogP contribution in [0.25, 0.3) is 0 Å². The van der Waals surface area contributed by atoms with Crippen LogP contribution in [0, 0.1) is 11.8 Å². The topological polar surface area (TPSA) is 64.6 Å². The molecule has 5 nitrogen and oxygen atoms in total. The Morgan fingerprint density at radius 1 is 1.12 bits per heavy atom. The summed E-state index contributed by atoms with van der Waals surface area (Å²) >= 11 is 0. The standard InChI is InChI=1S/C16H22F3NO4/c1-6-10-11(14(21)23-4)9(7-8(2)3)12(15(22)24-5)13(20-10)16(17,18)19/h8-9,20H,6-7H2,1-5H3. The second-order valence-corrected chi connectivity index (χ2v) is 5.82. The minimum atomic E-state index is -4.78. The molecule has 24 heavy (non-hydrogen) atoms. The number of nitrogens with one attached hydrogen (secondary N) is 1. The van der Waals surface area contributed by atoms with E-state index < -0.39 is 35.3 Å². The van der Waals surface area contributed by atoms with Crippen molar-refractivity contribution in [3.63, 3.8) is 0 Å². The normalized spacial score (nSPS) is 18.6. The zero-order valence-electron chi connectivity index (χ0n) is 14.3. The van der Waals surface area contributed by atoms with E-state index >= 15 is 0 Å².